The smallest absolute Gasteiger partial charge is 0.252 e. The Balaban J connectivity index is 2.10. The lowest BCUT2D eigenvalue weighted by molar-refractivity contribution is -0.0601. The summed E-state index contributed by atoms with van der Waals surface area (Å²) in [5.41, 5.74) is 0.775. The molecule has 1 aromatic carbocycles. The minimum absolute atomic E-state index is 0.101. The standard InChI is InChI=1S/C13H17F2NO/c14-13(15)5-7-16-6-4-11(13)8-10-2-1-3-12(17)9-10/h1-3,9,11,16-17H,4-8H2. The summed E-state index contributed by atoms with van der Waals surface area (Å²) in [7, 11) is 0. The number of aromatic hydroxyl groups is 1. The van der Waals surface area contributed by atoms with Gasteiger partial charge in [-0.1, -0.05) is 12.1 Å². The van der Waals surface area contributed by atoms with Crippen LogP contribution in [0.1, 0.15) is 18.4 Å². The van der Waals surface area contributed by atoms with Crippen LogP contribution in [0.2, 0.25) is 0 Å². The second kappa shape index (κ2) is 5.00. The van der Waals surface area contributed by atoms with E-state index in [-0.39, 0.29) is 12.2 Å². The van der Waals surface area contributed by atoms with Crippen molar-refractivity contribution in [3.8, 4) is 5.75 Å². The van der Waals surface area contributed by atoms with Gasteiger partial charge in [-0.3, -0.25) is 0 Å². The van der Waals surface area contributed by atoms with Crippen LogP contribution < -0.4 is 5.32 Å². The zero-order chi connectivity index (χ0) is 12.3. The Kier molecular flexibility index (Phi) is 3.62. The number of hydrogen-bond donors (Lipinski definition) is 2. The molecule has 1 aliphatic heterocycles. The molecule has 2 N–H and O–H groups in total. The van der Waals surface area contributed by atoms with Gasteiger partial charge >= 0.3 is 0 Å². The first-order valence-corrected chi connectivity index (χ1v) is 5.94. The maximum Gasteiger partial charge on any atom is 0.252 e. The molecule has 1 aromatic rings. The minimum atomic E-state index is -2.62. The zero-order valence-corrected chi connectivity index (χ0v) is 9.63. The predicted octanol–water partition coefficient (Wildman–Crippen LogP) is 2.57. The fourth-order valence-electron chi connectivity index (χ4n) is 2.29. The van der Waals surface area contributed by atoms with Gasteiger partial charge in [0.2, 0.25) is 0 Å². The van der Waals surface area contributed by atoms with Crippen molar-refractivity contribution in [2.45, 2.75) is 25.2 Å². The first-order valence-electron chi connectivity index (χ1n) is 5.94. The average molecular weight is 241 g/mol. The molecule has 1 heterocycles. The molecule has 94 valence electrons. The third-order valence-corrected chi connectivity index (χ3v) is 3.29. The van der Waals surface area contributed by atoms with E-state index < -0.39 is 11.8 Å². The van der Waals surface area contributed by atoms with Gasteiger partial charge in [0, 0.05) is 18.9 Å². The lowest BCUT2D eigenvalue weighted by Gasteiger charge is -2.24. The first kappa shape index (κ1) is 12.3. The van der Waals surface area contributed by atoms with Gasteiger partial charge in [0.1, 0.15) is 5.75 Å². The Bertz CT molecular complexity index is 381. The van der Waals surface area contributed by atoms with Crippen LogP contribution in [0.15, 0.2) is 24.3 Å². The molecule has 1 aliphatic rings. The van der Waals surface area contributed by atoms with E-state index in [1.165, 1.54) is 0 Å². The van der Waals surface area contributed by atoms with Crippen LogP contribution in [0.25, 0.3) is 0 Å². The Morgan fingerprint density at radius 2 is 2.18 bits per heavy atom. The number of phenolic OH excluding ortho intramolecular Hbond substituents is 1. The molecule has 0 aliphatic carbocycles. The maximum atomic E-state index is 13.8. The normalized spacial score (nSPS) is 24.2. The summed E-state index contributed by atoms with van der Waals surface area (Å²) < 4.78 is 27.6. The van der Waals surface area contributed by atoms with E-state index in [2.05, 4.69) is 5.32 Å². The lowest BCUT2D eigenvalue weighted by atomic mass is 9.89. The molecule has 4 heteroatoms. The van der Waals surface area contributed by atoms with Gasteiger partial charge in [-0.05, 0) is 37.1 Å². The van der Waals surface area contributed by atoms with E-state index in [9.17, 15) is 13.9 Å². The van der Waals surface area contributed by atoms with Gasteiger partial charge in [-0.2, -0.15) is 0 Å². The average Bonchev–Trinajstić information content (AvgIpc) is 2.41. The molecule has 0 amide bonds. The molecule has 2 rings (SSSR count). The van der Waals surface area contributed by atoms with Gasteiger partial charge in [0.15, 0.2) is 0 Å². The molecular formula is C13H17F2NO. The summed E-state index contributed by atoms with van der Waals surface area (Å²) in [6.45, 7) is 1.02. The van der Waals surface area contributed by atoms with Crippen LogP contribution in [-0.4, -0.2) is 24.1 Å². The van der Waals surface area contributed by atoms with Crippen LogP contribution in [0, 0.1) is 5.92 Å². The summed E-state index contributed by atoms with van der Waals surface area (Å²) in [5, 5.41) is 12.3. The Labute approximate surface area is 99.7 Å². The first-order chi connectivity index (χ1) is 8.08. The van der Waals surface area contributed by atoms with Crippen LogP contribution in [0.3, 0.4) is 0 Å². The second-order valence-electron chi connectivity index (χ2n) is 4.62. The highest BCUT2D eigenvalue weighted by Gasteiger charge is 2.39. The minimum Gasteiger partial charge on any atom is -0.508 e. The van der Waals surface area contributed by atoms with Gasteiger partial charge in [-0.25, -0.2) is 8.78 Å². The van der Waals surface area contributed by atoms with Crippen LogP contribution in [0.5, 0.6) is 5.75 Å². The van der Waals surface area contributed by atoms with Crippen LogP contribution in [-0.2, 0) is 6.42 Å². The topological polar surface area (TPSA) is 32.3 Å². The SMILES string of the molecule is Oc1cccc(CC2CCNCCC2(F)F)c1. The number of rotatable bonds is 2. The molecule has 1 atom stereocenters. The van der Waals surface area contributed by atoms with Crippen molar-refractivity contribution in [2.75, 3.05) is 13.1 Å². The Morgan fingerprint density at radius 1 is 1.35 bits per heavy atom. The van der Waals surface area contributed by atoms with Crippen molar-refractivity contribution in [3.63, 3.8) is 0 Å². The number of benzene rings is 1. The molecule has 2 nitrogen and oxygen atoms in total. The second-order valence-corrected chi connectivity index (χ2v) is 4.62. The quantitative estimate of drug-likeness (QED) is 0.834. The molecule has 1 unspecified atom stereocenters. The van der Waals surface area contributed by atoms with Crippen molar-refractivity contribution in [1.82, 2.24) is 5.32 Å². The van der Waals surface area contributed by atoms with Gasteiger partial charge < -0.3 is 10.4 Å². The molecule has 0 bridgehead atoms. The molecule has 0 aromatic heterocycles. The molecule has 1 saturated heterocycles. The highest BCUT2D eigenvalue weighted by Crippen LogP contribution is 2.34. The van der Waals surface area contributed by atoms with Gasteiger partial charge in [-0.15, -0.1) is 0 Å². The van der Waals surface area contributed by atoms with Crippen LogP contribution >= 0.6 is 0 Å². The highest BCUT2D eigenvalue weighted by molar-refractivity contribution is 5.27. The summed E-state index contributed by atoms with van der Waals surface area (Å²) in [5.74, 6) is -3.12. The van der Waals surface area contributed by atoms with E-state index in [0.717, 1.165) is 5.56 Å². The zero-order valence-electron chi connectivity index (χ0n) is 9.63. The van der Waals surface area contributed by atoms with Crippen molar-refractivity contribution < 1.29 is 13.9 Å². The highest BCUT2D eigenvalue weighted by atomic mass is 19.3. The largest absolute Gasteiger partial charge is 0.508 e. The van der Waals surface area contributed by atoms with E-state index in [0.29, 0.717) is 25.9 Å². The maximum absolute atomic E-state index is 13.8. The van der Waals surface area contributed by atoms with Crippen molar-refractivity contribution in [3.05, 3.63) is 29.8 Å². The number of nitrogens with one attached hydrogen (secondary N) is 1. The molecule has 0 radical (unpaired) electrons. The fraction of sp³-hybridized carbons (Fsp3) is 0.538. The predicted molar refractivity (Wildman–Crippen MR) is 62.4 cm³/mol. The van der Waals surface area contributed by atoms with Crippen molar-refractivity contribution >= 4 is 0 Å². The summed E-state index contributed by atoms with van der Waals surface area (Å²) in [6.07, 6.45) is 0.697. The van der Waals surface area contributed by atoms with Crippen molar-refractivity contribution in [1.29, 1.82) is 0 Å². The molecule has 17 heavy (non-hydrogen) atoms. The third kappa shape index (κ3) is 3.16. The van der Waals surface area contributed by atoms with E-state index in [1.807, 2.05) is 0 Å². The summed E-state index contributed by atoms with van der Waals surface area (Å²) >= 11 is 0. The lowest BCUT2D eigenvalue weighted by Crippen LogP contribution is -2.29. The van der Waals surface area contributed by atoms with Gasteiger partial charge in [0.05, 0.1) is 0 Å². The molecule has 1 fully saturated rings. The molecular weight excluding hydrogens is 224 g/mol. The summed E-state index contributed by atoms with van der Waals surface area (Å²) in [4.78, 5) is 0. The van der Waals surface area contributed by atoms with Crippen molar-refractivity contribution in [2.24, 2.45) is 5.92 Å². The molecule has 0 saturated carbocycles. The van der Waals surface area contributed by atoms with E-state index in [1.54, 1.807) is 24.3 Å². The third-order valence-electron chi connectivity index (χ3n) is 3.29. The fourth-order valence-corrected chi connectivity index (χ4v) is 2.29. The number of phenols is 1. The van der Waals surface area contributed by atoms with Gasteiger partial charge in [0.25, 0.3) is 5.92 Å². The number of hydrogen-bond acceptors (Lipinski definition) is 2. The number of halogens is 2. The summed E-state index contributed by atoms with van der Waals surface area (Å²) in [6, 6.07) is 6.59. The monoisotopic (exact) mass is 241 g/mol. The molecule has 0 spiro atoms. The number of alkyl halides is 2. The van der Waals surface area contributed by atoms with Crippen LogP contribution in [0.4, 0.5) is 8.78 Å². The Morgan fingerprint density at radius 3 is 2.94 bits per heavy atom. The van der Waals surface area contributed by atoms with E-state index in [4.69, 9.17) is 0 Å². The Hall–Kier alpha value is -1.16. The van der Waals surface area contributed by atoms with E-state index >= 15 is 0 Å².